The summed E-state index contributed by atoms with van der Waals surface area (Å²) in [6, 6.07) is 14.8. The number of sulfonamides is 1. The SMILES string of the molecule is CC1=NN(c2ccc(S(N)(=O)=O)cc2)C(=O)C1=Cc1ccc(-c2ccc([N+](=O)[O-])cc2)o1. The van der Waals surface area contributed by atoms with Crippen molar-refractivity contribution in [2.24, 2.45) is 10.2 Å². The van der Waals surface area contributed by atoms with Gasteiger partial charge in [0, 0.05) is 17.7 Å². The highest BCUT2D eigenvalue weighted by molar-refractivity contribution is 7.89. The van der Waals surface area contributed by atoms with Gasteiger partial charge in [0.2, 0.25) is 10.0 Å². The molecule has 0 saturated carbocycles. The van der Waals surface area contributed by atoms with E-state index in [1.807, 2.05) is 0 Å². The summed E-state index contributed by atoms with van der Waals surface area (Å²) in [6.07, 6.45) is 1.55. The third-order valence-electron chi connectivity index (χ3n) is 4.75. The van der Waals surface area contributed by atoms with Crippen LogP contribution in [0.1, 0.15) is 12.7 Å². The second-order valence-corrected chi connectivity index (χ2v) is 8.47. The largest absolute Gasteiger partial charge is 0.457 e. The molecule has 162 valence electrons. The number of carbonyl (C=O) groups is 1. The van der Waals surface area contributed by atoms with E-state index in [1.165, 1.54) is 36.4 Å². The second-order valence-electron chi connectivity index (χ2n) is 6.91. The summed E-state index contributed by atoms with van der Waals surface area (Å²) in [7, 11) is -3.84. The lowest BCUT2D eigenvalue weighted by Crippen LogP contribution is -2.21. The number of hydrogen-bond acceptors (Lipinski definition) is 7. The molecule has 10 nitrogen and oxygen atoms in total. The highest BCUT2D eigenvalue weighted by Gasteiger charge is 2.29. The van der Waals surface area contributed by atoms with Gasteiger partial charge in [-0.1, -0.05) is 0 Å². The van der Waals surface area contributed by atoms with Crippen molar-refractivity contribution in [3.8, 4) is 11.3 Å². The second kappa shape index (κ2) is 7.87. The van der Waals surface area contributed by atoms with Crippen molar-refractivity contribution in [1.82, 2.24) is 0 Å². The lowest BCUT2D eigenvalue weighted by molar-refractivity contribution is -0.384. The molecule has 0 radical (unpaired) electrons. The summed E-state index contributed by atoms with van der Waals surface area (Å²) >= 11 is 0. The van der Waals surface area contributed by atoms with Crippen LogP contribution in [0.3, 0.4) is 0 Å². The van der Waals surface area contributed by atoms with Gasteiger partial charge < -0.3 is 4.42 Å². The Bertz CT molecular complexity index is 1390. The molecule has 2 heterocycles. The summed E-state index contributed by atoms with van der Waals surface area (Å²) in [5, 5.41) is 21.3. The average molecular weight is 452 g/mol. The third kappa shape index (κ3) is 4.06. The number of hydrazone groups is 1. The Balaban J connectivity index is 1.57. The number of furan rings is 1. The maximum Gasteiger partial charge on any atom is 0.280 e. The normalized spacial score (nSPS) is 15.3. The summed E-state index contributed by atoms with van der Waals surface area (Å²) in [6.45, 7) is 1.67. The van der Waals surface area contributed by atoms with Crippen LogP contribution in [0.2, 0.25) is 0 Å². The van der Waals surface area contributed by atoms with Gasteiger partial charge in [0.25, 0.3) is 11.6 Å². The first kappa shape index (κ1) is 21.2. The highest BCUT2D eigenvalue weighted by Crippen LogP contribution is 2.28. The summed E-state index contributed by atoms with van der Waals surface area (Å²) in [5.74, 6) is 0.490. The van der Waals surface area contributed by atoms with Crippen LogP contribution in [0.5, 0.6) is 0 Å². The summed E-state index contributed by atoms with van der Waals surface area (Å²) in [5.41, 5.74) is 1.78. The molecule has 11 heteroatoms. The quantitative estimate of drug-likeness (QED) is 0.356. The first-order valence-electron chi connectivity index (χ1n) is 9.23. The number of nitrogens with two attached hydrogens (primary N) is 1. The van der Waals surface area contributed by atoms with Crippen molar-refractivity contribution < 1.29 is 22.6 Å². The standard InChI is InChI=1S/C21H16N4O6S/c1-13-19(21(26)24(23-13)15-6-9-18(10-7-15)32(22,29)30)12-17-8-11-20(31-17)14-2-4-16(5-3-14)25(27)28/h2-12H,1H3,(H2,22,29,30). The van der Waals surface area contributed by atoms with Crippen molar-refractivity contribution in [1.29, 1.82) is 0 Å². The molecule has 0 saturated heterocycles. The molecule has 1 aliphatic rings. The highest BCUT2D eigenvalue weighted by atomic mass is 32.2. The number of nitro groups is 1. The van der Waals surface area contributed by atoms with Gasteiger partial charge in [-0.25, -0.2) is 13.6 Å². The Labute approximate surface area is 182 Å². The molecule has 0 fully saturated rings. The van der Waals surface area contributed by atoms with Crippen LogP contribution in [-0.4, -0.2) is 25.0 Å². The number of non-ortho nitro benzene ring substituents is 1. The first-order chi connectivity index (χ1) is 15.1. The zero-order valence-corrected chi connectivity index (χ0v) is 17.4. The minimum Gasteiger partial charge on any atom is -0.457 e. The van der Waals surface area contributed by atoms with Crippen LogP contribution in [0, 0.1) is 10.1 Å². The number of carbonyl (C=O) groups excluding carboxylic acids is 1. The lowest BCUT2D eigenvalue weighted by Gasteiger charge is -2.11. The van der Waals surface area contributed by atoms with Gasteiger partial charge in [0.05, 0.1) is 26.8 Å². The van der Waals surface area contributed by atoms with Crippen LogP contribution in [-0.2, 0) is 14.8 Å². The van der Waals surface area contributed by atoms with E-state index in [0.29, 0.717) is 34.1 Å². The Morgan fingerprint density at radius 2 is 1.72 bits per heavy atom. The molecule has 0 atom stereocenters. The van der Waals surface area contributed by atoms with E-state index < -0.39 is 20.9 Å². The fourth-order valence-corrected chi connectivity index (χ4v) is 3.63. The van der Waals surface area contributed by atoms with Crippen molar-refractivity contribution >= 4 is 39.1 Å². The lowest BCUT2D eigenvalue weighted by atomic mass is 10.1. The summed E-state index contributed by atoms with van der Waals surface area (Å²) < 4.78 is 28.6. The molecule has 1 aromatic heterocycles. The van der Waals surface area contributed by atoms with E-state index in [9.17, 15) is 23.3 Å². The van der Waals surface area contributed by atoms with E-state index >= 15 is 0 Å². The zero-order valence-electron chi connectivity index (χ0n) is 16.6. The van der Waals surface area contributed by atoms with Crippen molar-refractivity contribution in [2.45, 2.75) is 11.8 Å². The molecule has 1 aliphatic heterocycles. The monoisotopic (exact) mass is 452 g/mol. The molecule has 32 heavy (non-hydrogen) atoms. The maximum atomic E-state index is 12.9. The molecule has 0 unspecified atom stereocenters. The van der Waals surface area contributed by atoms with Crippen molar-refractivity contribution in [2.75, 3.05) is 5.01 Å². The number of amides is 1. The molecule has 0 aliphatic carbocycles. The Hall–Kier alpha value is -4.09. The number of nitrogens with zero attached hydrogens (tertiary/aromatic N) is 3. The van der Waals surface area contributed by atoms with Gasteiger partial charge in [-0.3, -0.25) is 14.9 Å². The Kier molecular flexibility index (Phi) is 5.20. The fraction of sp³-hybridized carbons (Fsp3) is 0.0476. The van der Waals surface area contributed by atoms with Crippen molar-refractivity contribution in [3.05, 3.63) is 82.1 Å². The zero-order chi connectivity index (χ0) is 23.0. The van der Waals surface area contributed by atoms with Gasteiger partial charge >= 0.3 is 0 Å². The molecular weight excluding hydrogens is 436 g/mol. The summed E-state index contributed by atoms with van der Waals surface area (Å²) in [4.78, 5) is 23.1. The van der Waals surface area contributed by atoms with E-state index in [0.717, 1.165) is 5.01 Å². The molecule has 0 spiro atoms. The van der Waals surface area contributed by atoms with Gasteiger partial charge in [-0.2, -0.15) is 10.1 Å². The number of nitro benzene ring substituents is 1. The first-order valence-corrected chi connectivity index (χ1v) is 10.8. The molecule has 1 amide bonds. The predicted molar refractivity (Wildman–Crippen MR) is 117 cm³/mol. The van der Waals surface area contributed by atoms with Crippen LogP contribution in [0.4, 0.5) is 11.4 Å². The van der Waals surface area contributed by atoms with Crippen molar-refractivity contribution in [3.63, 3.8) is 0 Å². The predicted octanol–water partition coefficient (Wildman–Crippen LogP) is 3.31. The van der Waals surface area contributed by atoms with E-state index in [2.05, 4.69) is 5.10 Å². The molecule has 3 aromatic rings. The number of primary sulfonamides is 1. The molecule has 0 bridgehead atoms. The molecule has 4 rings (SSSR count). The minimum atomic E-state index is -3.84. The van der Waals surface area contributed by atoms with E-state index in [1.54, 1.807) is 37.3 Å². The van der Waals surface area contributed by atoms with Crippen LogP contribution >= 0.6 is 0 Å². The fourth-order valence-electron chi connectivity index (χ4n) is 3.11. The van der Waals surface area contributed by atoms with Gasteiger partial charge in [0.15, 0.2) is 0 Å². The Morgan fingerprint density at radius 3 is 2.31 bits per heavy atom. The number of rotatable bonds is 5. The van der Waals surface area contributed by atoms with E-state index in [4.69, 9.17) is 9.56 Å². The molecule has 2 N–H and O–H groups in total. The van der Waals surface area contributed by atoms with Crippen LogP contribution < -0.4 is 10.1 Å². The van der Waals surface area contributed by atoms with Gasteiger partial charge in [-0.05, 0) is 61.5 Å². The third-order valence-corrected chi connectivity index (χ3v) is 5.68. The van der Waals surface area contributed by atoms with E-state index in [-0.39, 0.29) is 10.6 Å². The minimum absolute atomic E-state index is 0.0248. The average Bonchev–Trinajstić information content (AvgIpc) is 3.33. The number of hydrogen-bond donors (Lipinski definition) is 1. The van der Waals surface area contributed by atoms with Gasteiger partial charge in [0.1, 0.15) is 11.5 Å². The number of anilines is 1. The topological polar surface area (TPSA) is 149 Å². The van der Waals surface area contributed by atoms with Gasteiger partial charge in [-0.15, -0.1) is 0 Å². The Morgan fingerprint density at radius 1 is 1.06 bits per heavy atom. The molecule has 2 aromatic carbocycles. The number of benzene rings is 2. The molecular formula is C21H16N4O6S. The maximum absolute atomic E-state index is 12.9. The van der Waals surface area contributed by atoms with Crippen LogP contribution in [0.25, 0.3) is 17.4 Å². The van der Waals surface area contributed by atoms with Crippen LogP contribution in [0.15, 0.2) is 80.7 Å². The smallest absolute Gasteiger partial charge is 0.280 e.